The van der Waals surface area contributed by atoms with Crippen LogP contribution in [-0.4, -0.2) is 35.8 Å². The fraction of sp³-hybridized carbons (Fsp3) is 0.211. The third kappa shape index (κ3) is 3.68. The van der Waals surface area contributed by atoms with E-state index in [0.29, 0.717) is 23.4 Å². The van der Waals surface area contributed by atoms with Gasteiger partial charge in [-0.15, -0.1) is 0 Å². The van der Waals surface area contributed by atoms with E-state index in [9.17, 15) is 14.4 Å². The lowest BCUT2D eigenvalue weighted by Crippen LogP contribution is -2.33. The van der Waals surface area contributed by atoms with E-state index in [2.05, 4.69) is 5.32 Å². The number of ether oxygens (including phenoxy) is 1. The number of rotatable bonds is 5. The summed E-state index contributed by atoms with van der Waals surface area (Å²) in [7, 11) is 0. The molecule has 3 rings (SSSR count). The molecule has 2 amide bonds. The van der Waals surface area contributed by atoms with Gasteiger partial charge in [-0.25, -0.2) is 4.79 Å². The van der Waals surface area contributed by atoms with Crippen LogP contribution in [0.2, 0.25) is 0 Å². The number of carbonyl (C=O) groups excluding carboxylic acids is 3. The number of amides is 2. The van der Waals surface area contributed by atoms with E-state index in [4.69, 9.17) is 4.74 Å². The number of esters is 1. The minimum absolute atomic E-state index is 0.0445. The standard InChI is InChI=1S/C19H18N2O4/c1-2-25-19(24)13-7-5-8-15(10-13)20-17(22)12-21-11-14-6-3-4-9-16(14)18(21)23/h3-10H,2,11-12H2,1H3,(H,20,22). The first-order valence-electron chi connectivity index (χ1n) is 8.02. The maximum Gasteiger partial charge on any atom is 0.338 e. The van der Waals surface area contributed by atoms with Gasteiger partial charge in [-0.2, -0.15) is 0 Å². The van der Waals surface area contributed by atoms with E-state index < -0.39 is 5.97 Å². The van der Waals surface area contributed by atoms with Crippen LogP contribution in [0.1, 0.15) is 33.2 Å². The average Bonchev–Trinajstić information content (AvgIpc) is 2.91. The van der Waals surface area contributed by atoms with Crippen molar-refractivity contribution in [1.82, 2.24) is 4.90 Å². The summed E-state index contributed by atoms with van der Waals surface area (Å²) in [6.45, 7) is 2.39. The maximum absolute atomic E-state index is 12.3. The third-order valence-corrected chi connectivity index (χ3v) is 3.89. The summed E-state index contributed by atoms with van der Waals surface area (Å²) < 4.78 is 4.94. The van der Waals surface area contributed by atoms with E-state index in [1.807, 2.05) is 12.1 Å². The first kappa shape index (κ1) is 16.7. The Bertz CT molecular complexity index is 832. The van der Waals surface area contributed by atoms with Gasteiger partial charge < -0.3 is 15.0 Å². The summed E-state index contributed by atoms with van der Waals surface area (Å²) in [6.07, 6.45) is 0. The van der Waals surface area contributed by atoms with Crippen molar-refractivity contribution >= 4 is 23.5 Å². The fourth-order valence-electron chi connectivity index (χ4n) is 2.75. The predicted molar refractivity (Wildman–Crippen MR) is 92.2 cm³/mol. The molecule has 128 valence electrons. The number of carbonyl (C=O) groups is 3. The lowest BCUT2D eigenvalue weighted by atomic mass is 10.1. The van der Waals surface area contributed by atoms with Gasteiger partial charge in [-0.3, -0.25) is 9.59 Å². The highest BCUT2D eigenvalue weighted by atomic mass is 16.5. The zero-order valence-corrected chi connectivity index (χ0v) is 13.8. The van der Waals surface area contributed by atoms with Gasteiger partial charge >= 0.3 is 5.97 Å². The molecule has 0 bridgehead atoms. The van der Waals surface area contributed by atoms with Gasteiger partial charge in [0, 0.05) is 17.8 Å². The van der Waals surface area contributed by atoms with Crippen LogP contribution < -0.4 is 5.32 Å². The Labute approximate surface area is 145 Å². The molecule has 0 unspecified atom stereocenters. The van der Waals surface area contributed by atoms with Crippen molar-refractivity contribution in [2.45, 2.75) is 13.5 Å². The SMILES string of the molecule is CCOC(=O)c1cccc(NC(=O)CN2Cc3ccccc3C2=O)c1. The summed E-state index contributed by atoms with van der Waals surface area (Å²) in [5.41, 5.74) is 2.41. The smallest absolute Gasteiger partial charge is 0.338 e. The topological polar surface area (TPSA) is 75.7 Å². The fourth-order valence-corrected chi connectivity index (χ4v) is 2.75. The first-order chi connectivity index (χ1) is 12.1. The van der Waals surface area contributed by atoms with Crippen molar-refractivity contribution < 1.29 is 19.1 Å². The van der Waals surface area contributed by atoms with Crippen molar-refractivity contribution in [1.29, 1.82) is 0 Å². The molecule has 6 nitrogen and oxygen atoms in total. The molecule has 0 atom stereocenters. The van der Waals surface area contributed by atoms with Gasteiger partial charge in [0.1, 0.15) is 6.54 Å². The second-order valence-electron chi connectivity index (χ2n) is 5.67. The highest BCUT2D eigenvalue weighted by Crippen LogP contribution is 2.22. The molecule has 0 saturated carbocycles. The number of nitrogens with zero attached hydrogens (tertiary/aromatic N) is 1. The molecular formula is C19H18N2O4. The summed E-state index contributed by atoms with van der Waals surface area (Å²) in [6, 6.07) is 13.8. The molecular weight excluding hydrogens is 320 g/mol. The van der Waals surface area contributed by atoms with E-state index in [1.54, 1.807) is 43.3 Å². The highest BCUT2D eigenvalue weighted by molar-refractivity contribution is 6.02. The van der Waals surface area contributed by atoms with Crippen LogP contribution >= 0.6 is 0 Å². The Kier molecular flexibility index (Phi) is 4.79. The molecule has 0 saturated heterocycles. The second kappa shape index (κ2) is 7.17. The van der Waals surface area contributed by atoms with E-state index in [0.717, 1.165) is 5.56 Å². The molecule has 1 heterocycles. The number of anilines is 1. The number of hydrogen-bond acceptors (Lipinski definition) is 4. The zero-order valence-electron chi connectivity index (χ0n) is 13.8. The van der Waals surface area contributed by atoms with Crippen LogP contribution in [0.15, 0.2) is 48.5 Å². The zero-order chi connectivity index (χ0) is 17.8. The van der Waals surface area contributed by atoms with Crippen molar-refractivity contribution in [3.05, 3.63) is 65.2 Å². The second-order valence-corrected chi connectivity index (χ2v) is 5.67. The molecule has 1 aliphatic heterocycles. The van der Waals surface area contributed by atoms with Crippen LogP contribution in [-0.2, 0) is 16.1 Å². The number of nitrogens with one attached hydrogen (secondary N) is 1. The molecule has 0 spiro atoms. The van der Waals surface area contributed by atoms with Gasteiger partial charge in [0.2, 0.25) is 5.91 Å². The third-order valence-electron chi connectivity index (χ3n) is 3.89. The average molecular weight is 338 g/mol. The molecule has 6 heteroatoms. The van der Waals surface area contributed by atoms with Gasteiger partial charge in [-0.05, 0) is 36.8 Å². The van der Waals surface area contributed by atoms with Crippen molar-refractivity contribution in [3.8, 4) is 0 Å². The predicted octanol–water partition coefficient (Wildman–Crippen LogP) is 2.46. The lowest BCUT2D eigenvalue weighted by Gasteiger charge is -2.15. The molecule has 25 heavy (non-hydrogen) atoms. The molecule has 1 N–H and O–H groups in total. The molecule has 0 aliphatic carbocycles. The molecule has 0 fully saturated rings. The largest absolute Gasteiger partial charge is 0.462 e. The van der Waals surface area contributed by atoms with Crippen LogP contribution in [0.5, 0.6) is 0 Å². The molecule has 0 radical (unpaired) electrons. The number of benzene rings is 2. The molecule has 0 aromatic heterocycles. The summed E-state index contributed by atoms with van der Waals surface area (Å²) >= 11 is 0. The van der Waals surface area contributed by atoms with Crippen LogP contribution in [0.3, 0.4) is 0 Å². The van der Waals surface area contributed by atoms with Crippen molar-refractivity contribution in [2.24, 2.45) is 0 Å². The number of hydrogen-bond donors (Lipinski definition) is 1. The Hall–Kier alpha value is -3.15. The summed E-state index contributed by atoms with van der Waals surface area (Å²) in [5.74, 6) is -0.906. The summed E-state index contributed by atoms with van der Waals surface area (Å²) in [4.78, 5) is 37.8. The minimum Gasteiger partial charge on any atom is -0.462 e. The monoisotopic (exact) mass is 338 g/mol. The quantitative estimate of drug-likeness (QED) is 0.850. The van der Waals surface area contributed by atoms with Gasteiger partial charge in [0.05, 0.1) is 12.2 Å². The van der Waals surface area contributed by atoms with Crippen molar-refractivity contribution in [3.63, 3.8) is 0 Å². The van der Waals surface area contributed by atoms with Gasteiger partial charge in [-0.1, -0.05) is 24.3 Å². The van der Waals surface area contributed by atoms with Gasteiger partial charge in [0.15, 0.2) is 0 Å². The Morgan fingerprint density at radius 3 is 2.72 bits per heavy atom. The van der Waals surface area contributed by atoms with Crippen LogP contribution in [0.25, 0.3) is 0 Å². The first-order valence-corrected chi connectivity index (χ1v) is 8.02. The van der Waals surface area contributed by atoms with Crippen LogP contribution in [0, 0.1) is 0 Å². The molecule has 1 aliphatic rings. The highest BCUT2D eigenvalue weighted by Gasteiger charge is 2.28. The molecule has 2 aromatic carbocycles. The van der Waals surface area contributed by atoms with Crippen molar-refractivity contribution in [2.75, 3.05) is 18.5 Å². The normalized spacial score (nSPS) is 12.7. The summed E-state index contributed by atoms with van der Waals surface area (Å²) in [5, 5.41) is 2.71. The minimum atomic E-state index is -0.441. The van der Waals surface area contributed by atoms with E-state index >= 15 is 0 Å². The van der Waals surface area contributed by atoms with Crippen LogP contribution in [0.4, 0.5) is 5.69 Å². The van der Waals surface area contributed by atoms with E-state index in [1.165, 1.54) is 4.90 Å². The van der Waals surface area contributed by atoms with Gasteiger partial charge in [0.25, 0.3) is 5.91 Å². The number of fused-ring (bicyclic) bond motifs is 1. The van der Waals surface area contributed by atoms with E-state index in [-0.39, 0.29) is 25.0 Å². The lowest BCUT2D eigenvalue weighted by molar-refractivity contribution is -0.116. The maximum atomic E-state index is 12.3. The Balaban J connectivity index is 1.63. The Morgan fingerprint density at radius 2 is 1.96 bits per heavy atom. The molecule has 2 aromatic rings. The Morgan fingerprint density at radius 1 is 1.16 bits per heavy atom.